The van der Waals surface area contributed by atoms with E-state index in [2.05, 4.69) is 4.90 Å². The molecule has 0 fully saturated rings. The number of hydrogen-bond donors (Lipinski definition) is 0. The van der Waals surface area contributed by atoms with E-state index in [0.717, 1.165) is 50.0 Å². The van der Waals surface area contributed by atoms with Gasteiger partial charge >= 0.3 is 10.1 Å². The molecule has 5 heteroatoms. The van der Waals surface area contributed by atoms with Crippen LogP contribution in [0.1, 0.15) is 39.5 Å². The molecule has 0 N–H and O–H groups in total. The quantitative estimate of drug-likeness (QED) is 0.728. The fraction of sp³-hybridized carbons (Fsp3) is 0.667. The standard InChI is InChI=1S/C12H19NO3S/c1-3-13(4-2)11-9-17(14,15)16-12-8-6-5-7-10(11)12/h9H,3-8H2,1-2H3. The van der Waals surface area contributed by atoms with Crippen LogP contribution in [-0.4, -0.2) is 26.4 Å². The summed E-state index contributed by atoms with van der Waals surface area (Å²) in [5.41, 5.74) is 1.94. The number of allylic oxidation sites excluding steroid dienone is 2. The molecule has 4 nitrogen and oxygen atoms in total. The fourth-order valence-corrected chi connectivity index (χ4v) is 3.52. The molecule has 1 heterocycles. The molecule has 0 unspecified atom stereocenters. The van der Waals surface area contributed by atoms with Crippen molar-refractivity contribution in [1.29, 1.82) is 0 Å². The molecule has 0 aromatic rings. The molecule has 0 aromatic heterocycles. The van der Waals surface area contributed by atoms with E-state index in [1.165, 1.54) is 5.41 Å². The van der Waals surface area contributed by atoms with Gasteiger partial charge in [0.2, 0.25) is 0 Å². The van der Waals surface area contributed by atoms with Crippen LogP contribution in [0.15, 0.2) is 22.4 Å². The van der Waals surface area contributed by atoms with Gasteiger partial charge in [0.15, 0.2) is 0 Å². The van der Waals surface area contributed by atoms with Crippen LogP contribution in [-0.2, 0) is 14.3 Å². The molecule has 1 aliphatic carbocycles. The average molecular weight is 257 g/mol. The molecular formula is C12H19NO3S. The predicted octanol–water partition coefficient (Wildman–Crippen LogP) is 2.36. The van der Waals surface area contributed by atoms with Gasteiger partial charge in [-0.3, -0.25) is 0 Å². The maximum absolute atomic E-state index is 11.7. The summed E-state index contributed by atoms with van der Waals surface area (Å²) in [6.45, 7) is 5.70. The molecule has 1 aliphatic heterocycles. The third-order valence-corrected chi connectivity index (χ3v) is 4.25. The van der Waals surface area contributed by atoms with Gasteiger partial charge < -0.3 is 9.08 Å². The number of nitrogens with zero attached hydrogens (tertiary/aromatic N) is 1. The third-order valence-electron chi connectivity index (χ3n) is 3.30. The Balaban J connectivity index is 2.44. The summed E-state index contributed by atoms with van der Waals surface area (Å²) in [5.74, 6) is 0.667. The predicted molar refractivity (Wildman–Crippen MR) is 66.5 cm³/mol. The first-order chi connectivity index (χ1) is 8.07. The minimum Gasteiger partial charge on any atom is -0.383 e. The Bertz CT molecular complexity index is 458. The average Bonchev–Trinajstić information content (AvgIpc) is 2.29. The lowest BCUT2D eigenvalue weighted by Crippen LogP contribution is -2.28. The van der Waals surface area contributed by atoms with Crippen molar-refractivity contribution in [2.75, 3.05) is 13.1 Å². The van der Waals surface area contributed by atoms with Crippen molar-refractivity contribution < 1.29 is 12.6 Å². The second-order valence-electron chi connectivity index (χ2n) is 4.36. The lowest BCUT2D eigenvalue weighted by atomic mass is 9.95. The van der Waals surface area contributed by atoms with Crippen molar-refractivity contribution >= 4 is 10.1 Å². The smallest absolute Gasteiger partial charge is 0.334 e. The van der Waals surface area contributed by atoms with Crippen LogP contribution < -0.4 is 0 Å². The maximum Gasteiger partial charge on any atom is 0.334 e. The van der Waals surface area contributed by atoms with Gasteiger partial charge in [-0.25, -0.2) is 0 Å². The summed E-state index contributed by atoms with van der Waals surface area (Å²) in [6, 6.07) is 0. The fourth-order valence-electron chi connectivity index (χ4n) is 2.44. The van der Waals surface area contributed by atoms with E-state index < -0.39 is 10.1 Å². The van der Waals surface area contributed by atoms with E-state index in [1.54, 1.807) is 0 Å². The van der Waals surface area contributed by atoms with Gasteiger partial charge in [-0.05, 0) is 33.1 Å². The highest BCUT2D eigenvalue weighted by molar-refractivity contribution is 7.89. The molecule has 17 heavy (non-hydrogen) atoms. The first-order valence-electron chi connectivity index (χ1n) is 6.21. The Morgan fingerprint density at radius 2 is 1.88 bits per heavy atom. The van der Waals surface area contributed by atoms with Crippen LogP contribution in [0.5, 0.6) is 0 Å². The van der Waals surface area contributed by atoms with Crippen LogP contribution in [0, 0.1) is 0 Å². The minimum absolute atomic E-state index is 0.667. The largest absolute Gasteiger partial charge is 0.383 e. The molecule has 2 rings (SSSR count). The summed E-state index contributed by atoms with van der Waals surface area (Å²) in [6.07, 6.45) is 3.79. The van der Waals surface area contributed by atoms with Crippen molar-refractivity contribution in [2.45, 2.75) is 39.5 Å². The molecular weight excluding hydrogens is 238 g/mol. The zero-order chi connectivity index (χ0) is 12.5. The Hall–Kier alpha value is -0.970. The van der Waals surface area contributed by atoms with Gasteiger partial charge in [0.1, 0.15) is 5.76 Å². The number of likely N-dealkylation sites (N-methyl/N-ethyl adjacent to an activating group) is 1. The molecule has 0 amide bonds. The van der Waals surface area contributed by atoms with E-state index in [-0.39, 0.29) is 0 Å². The van der Waals surface area contributed by atoms with Crippen molar-refractivity contribution in [3.8, 4) is 0 Å². The molecule has 0 atom stereocenters. The number of rotatable bonds is 3. The second kappa shape index (κ2) is 4.72. The van der Waals surface area contributed by atoms with E-state index in [4.69, 9.17) is 4.18 Å². The van der Waals surface area contributed by atoms with Gasteiger partial charge in [-0.1, -0.05) is 0 Å². The molecule has 96 valence electrons. The third kappa shape index (κ3) is 2.49. The SMILES string of the molecule is CCN(CC)C1=CS(=O)(=O)OC2=C1CCCC2. The summed E-state index contributed by atoms with van der Waals surface area (Å²) >= 11 is 0. The summed E-state index contributed by atoms with van der Waals surface area (Å²) in [4.78, 5) is 2.08. The Morgan fingerprint density at radius 3 is 2.53 bits per heavy atom. The van der Waals surface area contributed by atoms with Crippen molar-refractivity contribution in [3.63, 3.8) is 0 Å². The molecule has 0 aromatic carbocycles. The Morgan fingerprint density at radius 1 is 1.24 bits per heavy atom. The molecule has 0 radical (unpaired) electrons. The van der Waals surface area contributed by atoms with E-state index in [9.17, 15) is 8.42 Å². The second-order valence-corrected chi connectivity index (χ2v) is 5.75. The van der Waals surface area contributed by atoms with E-state index in [0.29, 0.717) is 5.76 Å². The molecule has 0 spiro atoms. The highest BCUT2D eigenvalue weighted by atomic mass is 32.2. The van der Waals surface area contributed by atoms with E-state index >= 15 is 0 Å². The van der Waals surface area contributed by atoms with Crippen LogP contribution in [0.3, 0.4) is 0 Å². The summed E-state index contributed by atoms with van der Waals surface area (Å²) in [7, 11) is -3.53. The van der Waals surface area contributed by atoms with E-state index in [1.807, 2.05) is 13.8 Å². The van der Waals surface area contributed by atoms with Gasteiger partial charge in [0.25, 0.3) is 0 Å². The van der Waals surface area contributed by atoms with Gasteiger partial charge in [0, 0.05) is 25.1 Å². The molecule has 0 saturated carbocycles. The van der Waals surface area contributed by atoms with Crippen molar-refractivity contribution in [1.82, 2.24) is 4.90 Å². The summed E-state index contributed by atoms with van der Waals surface area (Å²) in [5, 5.41) is 1.28. The highest BCUT2D eigenvalue weighted by Crippen LogP contribution is 2.36. The topological polar surface area (TPSA) is 46.6 Å². The first-order valence-corrected chi connectivity index (χ1v) is 7.68. The van der Waals surface area contributed by atoms with Crippen LogP contribution in [0.2, 0.25) is 0 Å². The lowest BCUT2D eigenvalue weighted by molar-refractivity contribution is 0.339. The normalized spacial score (nSPS) is 22.6. The highest BCUT2D eigenvalue weighted by Gasteiger charge is 2.29. The summed E-state index contributed by atoms with van der Waals surface area (Å²) < 4.78 is 28.5. The lowest BCUT2D eigenvalue weighted by Gasteiger charge is -2.32. The first kappa shape index (κ1) is 12.5. The van der Waals surface area contributed by atoms with Crippen LogP contribution in [0.4, 0.5) is 0 Å². The van der Waals surface area contributed by atoms with Gasteiger partial charge in [0.05, 0.1) is 11.1 Å². The molecule has 0 saturated heterocycles. The minimum atomic E-state index is -3.53. The molecule has 2 aliphatic rings. The van der Waals surface area contributed by atoms with Crippen molar-refractivity contribution in [3.05, 3.63) is 22.4 Å². The van der Waals surface area contributed by atoms with Crippen LogP contribution in [0.25, 0.3) is 0 Å². The zero-order valence-electron chi connectivity index (χ0n) is 10.4. The Labute approximate surface area is 103 Å². The zero-order valence-corrected chi connectivity index (χ0v) is 11.2. The maximum atomic E-state index is 11.7. The van der Waals surface area contributed by atoms with Gasteiger partial charge in [-0.15, -0.1) is 0 Å². The number of hydrogen-bond acceptors (Lipinski definition) is 4. The monoisotopic (exact) mass is 257 g/mol. The van der Waals surface area contributed by atoms with Crippen LogP contribution >= 0.6 is 0 Å². The van der Waals surface area contributed by atoms with Gasteiger partial charge in [-0.2, -0.15) is 8.42 Å². The van der Waals surface area contributed by atoms with Crippen molar-refractivity contribution in [2.24, 2.45) is 0 Å². The molecule has 0 bridgehead atoms. The Kier molecular flexibility index (Phi) is 3.47.